The first-order chi connectivity index (χ1) is 9.18. The van der Waals surface area contributed by atoms with Crippen LogP contribution in [0.3, 0.4) is 0 Å². The third-order valence-electron chi connectivity index (χ3n) is 2.88. The van der Waals surface area contributed by atoms with Crippen molar-refractivity contribution in [2.24, 2.45) is 5.92 Å². The molecular weight excluding hydrogens is 262 g/mol. The van der Waals surface area contributed by atoms with E-state index in [9.17, 15) is 14.4 Å². The van der Waals surface area contributed by atoms with Gasteiger partial charge in [0.15, 0.2) is 0 Å². The molecule has 7 heteroatoms. The van der Waals surface area contributed by atoms with Gasteiger partial charge in [-0.3, -0.25) is 4.79 Å². The zero-order chi connectivity index (χ0) is 15.9. The largest absolute Gasteiger partial charge is 0.480 e. The quantitative estimate of drug-likeness (QED) is 0.640. The number of carbonyl (C=O) groups excluding carboxylic acids is 2. The molecule has 7 nitrogen and oxygen atoms in total. The number of carboxylic acids is 1. The summed E-state index contributed by atoms with van der Waals surface area (Å²) < 4.78 is 0. The Labute approximate surface area is 119 Å². The van der Waals surface area contributed by atoms with Gasteiger partial charge in [-0.05, 0) is 26.2 Å². The molecule has 0 saturated heterocycles. The van der Waals surface area contributed by atoms with Gasteiger partial charge in [0.2, 0.25) is 5.91 Å². The van der Waals surface area contributed by atoms with Gasteiger partial charge >= 0.3 is 12.0 Å². The van der Waals surface area contributed by atoms with E-state index < -0.39 is 24.1 Å². The maximum Gasteiger partial charge on any atom is 0.326 e. The van der Waals surface area contributed by atoms with Gasteiger partial charge in [-0.1, -0.05) is 13.8 Å². The summed E-state index contributed by atoms with van der Waals surface area (Å²) in [6.45, 7) is 7.67. The minimum atomic E-state index is -1.08. The van der Waals surface area contributed by atoms with E-state index >= 15 is 0 Å². The van der Waals surface area contributed by atoms with Crippen molar-refractivity contribution in [2.75, 3.05) is 13.6 Å². The summed E-state index contributed by atoms with van der Waals surface area (Å²) in [6, 6.07) is -2.31. The van der Waals surface area contributed by atoms with Crippen LogP contribution in [0.4, 0.5) is 4.79 Å². The predicted octanol–water partition coefficient (Wildman–Crippen LogP) is 0.652. The molecule has 0 rings (SSSR count). The van der Waals surface area contributed by atoms with Crippen molar-refractivity contribution in [3.8, 4) is 0 Å². The standard InChI is InChI=1S/C13H25N3O4/c1-6-16(5)11(17)9(4)14-13(20)15-10(12(18)19)7-8(2)3/h8-10H,6-7H2,1-5H3,(H,18,19)(H2,14,15,20)/t9?,10-/m1/s1. The zero-order valence-corrected chi connectivity index (χ0v) is 12.8. The number of amides is 3. The summed E-state index contributed by atoms with van der Waals surface area (Å²) in [5.41, 5.74) is 0. The highest BCUT2D eigenvalue weighted by atomic mass is 16.4. The Balaban J connectivity index is 4.46. The number of hydrogen-bond acceptors (Lipinski definition) is 3. The molecule has 1 unspecified atom stereocenters. The van der Waals surface area contributed by atoms with E-state index in [0.29, 0.717) is 13.0 Å². The second-order valence-electron chi connectivity index (χ2n) is 5.21. The number of nitrogens with zero attached hydrogens (tertiary/aromatic N) is 1. The minimum Gasteiger partial charge on any atom is -0.480 e. The molecule has 0 aliphatic rings. The molecule has 0 aromatic heterocycles. The molecule has 3 amide bonds. The van der Waals surface area contributed by atoms with Crippen LogP contribution in [-0.4, -0.2) is 53.6 Å². The fourth-order valence-electron chi connectivity index (χ4n) is 1.64. The van der Waals surface area contributed by atoms with Gasteiger partial charge < -0.3 is 20.6 Å². The number of aliphatic carboxylic acids is 1. The van der Waals surface area contributed by atoms with Crippen molar-refractivity contribution >= 4 is 17.9 Å². The van der Waals surface area contributed by atoms with Crippen LogP contribution in [0.1, 0.15) is 34.1 Å². The van der Waals surface area contributed by atoms with E-state index in [1.54, 1.807) is 14.0 Å². The van der Waals surface area contributed by atoms with Crippen LogP contribution in [-0.2, 0) is 9.59 Å². The first-order valence-corrected chi connectivity index (χ1v) is 6.73. The zero-order valence-electron chi connectivity index (χ0n) is 12.8. The first-order valence-electron chi connectivity index (χ1n) is 6.73. The Hall–Kier alpha value is -1.79. The molecule has 0 aromatic carbocycles. The molecule has 116 valence electrons. The van der Waals surface area contributed by atoms with Crippen LogP contribution < -0.4 is 10.6 Å². The van der Waals surface area contributed by atoms with E-state index in [-0.39, 0.29) is 11.8 Å². The SMILES string of the molecule is CCN(C)C(=O)C(C)NC(=O)N[C@H](CC(C)C)C(=O)O. The van der Waals surface area contributed by atoms with Crippen molar-refractivity contribution in [3.05, 3.63) is 0 Å². The van der Waals surface area contributed by atoms with Gasteiger partial charge in [0, 0.05) is 13.6 Å². The van der Waals surface area contributed by atoms with Crippen LogP contribution in [0.25, 0.3) is 0 Å². The number of carboxylic acid groups (broad SMARTS) is 1. The van der Waals surface area contributed by atoms with Crippen LogP contribution in [0.2, 0.25) is 0 Å². The lowest BCUT2D eigenvalue weighted by molar-refractivity contribution is -0.139. The second-order valence-corrected chi connectivity index (χ2v) is 5.21. The molecule has 0 aliphatic heterocycles. The van der Waals surface area contributed by atoms with Crippen LogP contribution >= 0.6 is 0 Å². The second kappa shape index (κ2) is 8.39. The Kier molecular flexibility index (Phi) is 7.64. The Morgan fingerprint density at radius 3 is 2.10 bits per heavy atom. The predicted molar refractivity (Wildman–Crippen MR) is 75.3 cm³/mol. The average molecular weight is 287 g/mol. The smallest absolute Gasteiger partial charge is 0.326 e. The van der Waals surface area contributed by atoms with E-state index in [4.69, 9.17) is 5.11 Å². The van der Waals surface area contributed by atoms with E-state index in [1.807, 2.05) is 20.8 Å². The molecule has 2 atom stereocenters. The first kappa shape index (κ1) is 18.2. The molecule has 0 radical (unpaired) electrons. The molecule has 0 heterocycles. The van der Waals surface area contributed by atoms with Gasteiger partial charge in [0.05, 0.1) is 0 Å². The maximum absolute atomic E-state index is 11.8. The van der Waals surface area contributed by atoms with Crippen molar-refractivity contribution in [1.82, 2.24) is 15.5 Å². The molecular formula is C13H25N3O4. The van der Waals surface area contributed by atoms with Crippen molar-refractivity contribution in [3.63, 3.8) is 0 Å². The van der Waals surface area contributed by atoms with Crippen molar-refractivity contribution < 1.29 is 19.5 Å². The normalized spacial score (nSPS) is 13.5. The van der Waals surface area contributed by atoms with Crippen molar-refractivity contribution in [2.45, 2.75) is 46.2 Å². The van der Waals surface area contributed by atoms with Gasteiger partial charge in [-0.25, -0.2) is 9.59 Å². The molecule has 0 saturated carbocycles. The lowest BCUT2D eigenvalue weighted by Crippen LogP contribution is -2.52. The van der Waals surface area contributed by atoms with Crippen LogP contribution in [0, 0.1) is 5.92 Å². The minimum absolute atomic E-state index is 0.140. The Morgan fingerprint density at radius 2 is 1.70 bits per heavy atom. The topological polar surface area (TPSA) is 98.7 Å². The molecule has 0 aliphatic carbocycles. The molecule has 0 bridgehead atoms. The van der Waals surface area contributed by atoms with Gasteiger partial charge in [-0.2, -0.15) is 0 Å². The Morgan fingerprint density at radius 1 is 1.15 bits per heavy atom. The summed E-state index contributed by atoms with van der Waals surface area (Å²) in [7, 11) is 1.64. The third kappa shape index (κ3) is 6.40. The maximum atomic E-state index is 11.8. The van der Waals surface area contributed by atoms with Gasteiger partial charge in [0.25, 0.3) is 0 Å². The summed E-state index contributed by atoms with van der Waals surface area (Å²) in [4.78, 5) is 36.0. The lowest BCUT2D eigenvalue weighted by atomic mass is 10.0. The summed E-state index contributed by atoms with van der Waals surface area (Å²) in [6.07, 6.45) is 0.333. The fraction of sp³-hybridized carbons (Fsp3) is 0.769. The molecule has 0 fully saturated rings. The number of likely N-dealkylation sites (N-methyl/N-ethyl adjacent to an activating group) is 1. The number of rotatable bonds is 7. The highest BCUT2D eigenvalue weighted by Gasteiger charge is 2.23. The van der Waals surface area contributed by atoms with E-state index in [0.717, 1.165) is 0 Å². The van der Waals surface area contributed by atoms with Gasteiger partial charge in [0.1, 0.15) is 12.1 Å². The van der Waals surface area contributed by atoms with E-state index in [1.165, 1.54) is 4.90 Å². The molecule has 0 spiro atoms. The molecule has 3 N–H and O–H groups in total. The van der Waals surface area contributed by atoms with Crippen molar-refractivity contribution in [1.29, 1.82) is 0 Å². The molecule has 0 aromatic rings. The summed E-state index contributed by atoms with van der Waals surface area (Å²) in [5.74, 6) is -1.17. The number of carbonyl (C=O) groups is 3. The van der Waals surface area contributed by atoms with E-state index in [2.05, 4.69) is 10.6 Å². The van der Waals surface area contributed by atoms with Crippen LogP contribution in [0.15, 0.2) is 0 Å². The number of nitrogens with one attached hydrogen (secondary N) is 2. The number of urea groups is 1. The third-order valence-corrected chi connectivity index (χ3v) is 2.88. The highest BCUT2D eigenvalue weighted by molar-refractivity contribution is 5.88. The summed E-state index contributed by atoms with van der Waals surface area (Å²) >= 11 is 0. The monoisotopic (exact) mass is 287 g/mol. The Bertz CT molecular complexity index is 358. The molecule has 20 heavy (non-hydrogen) atoms. The summed E-state index contributed by atoms with van der Waals surface area (Å²) in [5, 5.41) is 13.8. The lowest BCUT2D eigenvalue weighted by Gasteiger charge is -2.22. The fourth-order valence-corrected chi connectivity index (χ4v) is 1.64. The van der Waals surface area contributed by atoms with Crippen LogP contribution in [0.5, 0.6) is 0 Å². The average Bonchev–Trinajstić information content (AvgIpc) is 2.35. The number of hydrogen-bond donors (Lipinski definition) is 3. The van der Waals surface area contributed by atoms with Gasteiger partial charge in [-0.15, -0.1) is 0 Å². The highest BCUT2D eigenvalue weighted by Crippen LogP contribution is 2.04.